The zero-order chi connectivity index (χ0) is 14.0. The lowest BCUT2D eigenvalue weighted by molar-refractivity contribution is 0.0782. The molecule has 1 heterocycles. The number of rotatable bonds is 2. The Hall–Kier alpha value is -0.890. The van der Waals surface area contributed by atoms with Crippen LogP contribution >= 0.6 is 0 Å². The van der Waals surface area contributed by atoms with Gasteiger partial charge in [0.1, 0.15) is 5.82 Å². The van der Waals surface area contributed by atoms with Gasteiger partial charge in [-0.15, -0.1) is 0 Å². The molecule has 1 atom stereocenters. The normalized spacial score (nSPS) is 34.3. The molecule has 1 nitrogen and oxygen atoms in total. The zero-order valence-corrected chi connectivity index (χ0v) is 12.5. The summed E-state index contributed by atoms with van der Waals surface area (Å²) in [6.45, 7) is 4.53. The van der Waals surface area contributed by atoms with Gasteiger partial charge in [-0.2, -0.15) is 0 Å². The fourth-order valence-corrected chi connectivity index (χ4v) is 4.40. The van der Waals surface area contributed by atoms with Gasteiger partial charge >= 0.3 is 0 Å². The second-order valence-corrected chi connectivity index (χ2v) is 6.77. The molecule has 110 valence electrons. The average molecular weight is 275 g/mol. The van der Waals surface area contributed by atoms with E-state index in [2.05, 4.69) is 12.2 Å². The van der Waals surface area contributed by atoms with E-state index in [4.69, 9.17) is 0 Å². The monoisotopic (exact) mass is 275 g/mol. The zero-order valence-electron chi connectivity index (χ0n) is 12.5. The van der Waals surface area contributed by atoms with Crippen LogP contribution in [0.15, 0.2) is 24.3 Å². The molecule has 1 saturated heterocycles. The molecule has 0 amide bonds. The highest BCUT2D eigenvalue weighted by Crippen LogP contribution is 2.52. The van der Waals surface area contributed by atoms with E-state index in [9.17, 15) is 4.39 Å². The quantitative estimate of drug-likeness (QED) is 0.838. The second kappa shape index (κ2) is 5.85. The van der Waals surface area contributed by atoms with Crippen molar-refractivity contribution in [2.75, 3.05) is 13.1 Å². The topological polar surface area (TPSA) is 12.0 Å². The van der Waals surface area contributed by atoms with Gasteiger partial charge in [0.15, 0.2) is 0 Å². The largest absolute Gasteiger partial charge is 0.316 e. The van der Waals surface area contributed by atoms with Gasteiger partial charge in [0, 0.05) is 12.5 Å². The minimum atomic E-state index is -0.124. The first-order valence-electron chi connectivity index (χ1n) is 8.20. The van der Waals surface area contributed by atoms with Crippen molar-refractivity contribution >= 4 is 0 Å². The van der Waals surface area contributed by atoms with Crippen molar-refractivity contribution in [3.05, 3.63) is 35.6 Å². The third-order valence-electron chi connectivity index (χ3n) is 5.84. The molecule has 1 spiro atoms. The van der Waals surface area contributed by atoms with E-state index in [0.29, 0.717) is 11.3 Å². The van der Waals surface area contributed by atoms with Crippen LogP contribution in [-0.2, 0) is 0 Å². The molecule has 20 heavy (non-hydrogen) atoms. The van der Waals surface area contributed by atoms with Gasteiger partial charge in [0.25, 0.3) is 0 Å². The maximum absolute atomic E-state index is 13.2. The Labute approximate surface area is 122 Å². The van der Waals surface area contributed by atoms with Gasteiger partial charge in [0.2, 0.25) is 0 Å². The van der Waals surface area contributed by atoms with Gasteiger partial charge < -0.3 is 5.32 Å². The van der Waals surface area contributed by atoms with Crippen LogP contribution in [0, 0.1) is 17.2 Å². The van der Waals surface area contributed by atoms with Crippen molar-refractivity contribution in [3.63, 3.8) is 0 Å². The first kappa shape index (κ1) is 14.1. The maximum Gasteiger partial charge on any atom is 0.123 e. The first-order valence-corrected chi connectivity index (χ1v) is 8.20. The molecule has 0 aromatic heterocycles. The fourth-order valence-electron chi connectivity index (χ4n) is 4.40. The van der Waals surface area contributed by atoms with Crippen LogP contribution in [-0.4, -0.2) is 13.1 Å². The van der Waals surface area contributed by atoms with Crippen LogP contribution in [0.4, 0.5) is 4.39 Å². The molecular weight excluding hydrogens is 249 g/mol. The van der Waals surface area contributed by atoms with Gasteiger partial charge in [-0.3, -0.25) is 0 Å². The Bertz CT molecular complexity index is 431. The van der Waals surface area contributed by atoms with E-state index in [1.54, 1.807) is 12.1 Å². The van der Waals surface area contributed by atoms with Crippen LogP contribution < -0.4 is 5.32 Å². The molecule has 1 saturated carbocycles. The molecule has 0 bridgehead atoms. The van der Waals surface area contributed by atoms with Gasteiger partial charge in [-0.1, -0.05) is 25.5 Å². The molecule has 1 aromatic carbocycles. The van der Waals surface area contributed by atoms with E-state index in [1.165, 1.54) is 44.1 Å². The van der Waals surface area contributed by atoms with Crippen LogP contribution in [0.5, 0.6) is 0 Å². The third-order valence-corrected chi connectivity index (χ3v) is 5.84. The summed E-state index contributed by atoms with van der Waals surface area (Å²) in [5, 5.41) is 3.55. The number of halogens is 1. The minimum Gasteiger partial charge on any atom is -0.316 e. The molecule has 2 fully saturated rings. The Morgan fingerprint density at radius 2 is 1.85 bits per heavy atom. The van der Waals surface area contributed by atoms with E-state index >= 15 is 0 Å². The van der Waals surface area contributed by atoms with Crippen molar-refractivity contribution in [2.45, 2.75) is 51.4 Å². The highest BCUT2D eigenvalue weighted by Gasteiger charge is 2.43. The summed E-state index contributed by atoms with van der Waals surface area (Å²) in [5.41, 5.74) is 1.79. The smallest absolute Gasteiger partial charge is 0.123 e. The Kier molecular flexibility index (Phi) is 4.11. The van der Waals surface area contributed by atoms with Gasteiger partial charge in [-0.05, 0) is 67.7 Å². The summed E-state index contributed by atoms with van der Waals surface area (Å²) >= 11 is 0. The van der Waals surface area contributed by atoms with Crippen LogP contribution in [0.2, 0.25) is 0 Å². The highest BCUT2D eigenvalue weighted by molar-refractivity contribution is 5.25. The average Bonchev–Trinajstić information content (AvgIpc) is 2.50. The molecule has 1 unspecified atom stereocenters. The van der Waals surface area contributed by atoms with Crippen LogP contribution in [0.3, 0.4) is 0 Å². The van der Waals surface area contributed by atoms with Crippen LogP contribution in [0.25, 0.3) is 0 Å². The first-order chi connectivity index (χ1) is 9.73. The lowest BCUT2D eigenvalue weighted by Crippen LogP contribution is -2.45. The molecular formula is C18H26FN. The molecule has 0 radical (unpaired) electrons. The molecule has 2 aliphatic rings. The SMILES string of the molecule is CCC1CCC2(CCNCC2c2ccc(F)cc2)CC1. The number of nitrogens with one attached hydrogen (secondary N) is 1. The molecule has 3 rings (SSSR count). The minimum absolute atomic E-state index is 0.124. The Morgan fingerprint density at radius 1 is 1.15 bits per heavy atom. The predicted octanol–water partition coefficient (Wildman–Crippen LogP) is 4.49. The molecule has 1 N–H and O–H groups in total. The number of piperidine rings is 1. The molecule has 1 aromatic rings. The van der Waals surface area contributed by atoms with Crippen molar-refractivity contribution < 1.29 is 4.39 Å². The fraction of sp³-hybridized carbons (Fsp3) is 0.667. The molecule has 1 aliphatic heterocycles. The second-order valence-electron chi connectivity index (χ2n) is 6.77. The van der Waals surface area contributed by atoms with E-state index in [0.717, 1.165) is 19.0 Å². The lowest BCUT2D eigenvalue weighted by Gasteiger charge is -2.49. The lowest BCUT2D eigenvalue weighted by atomic mass is 9.59. The molecule has 1 aliphatic carbocycles. The van der Waals surface area contributed by atoms with Crippen molar-refractivity contribution in [1.29, 1.82) is 0 Å². The third kappa shape index (κ3) is 2.63. The van der Waals surface area contributed by atoms with E-state index < -0.39 is 0 Å². The van der Waals surface area contributed by atoms with Crippen molar-refractivity contribution in [1.82, 2.24) is 5.32 Å². The van der Waals surface area contributed by atoms with Gasteiger partial charge in [-0.25, -0.2) is 4.39 Å². The van der Waals surface area contributed by atoms with Gasteiger partial charge in [0.05, 0.1) is 0 Å². The summed E-state index contributed by atoms with van der Waals surface area (Å²) in [6, 6.07) is 7.24. The van der Waals surface area contributed by atoms with Crippen LogP contribution in [0.1, 0.15) is 56.9 Å². The van der Waals surface area contributed by atoms with E-state index in [1.807, 2.05) is 12.1 Å². The maximum atomic E-state index is 13.2. The number of hydrogen-bond donors (Lipinski definition) is 1. The summed E-state index contributed by atoms with van der Waals surface area (Å²) in [7, 11) is 0. The predicted molar refractivity (Wildman–Crippen MR) is 81.3 cm³/mol. The standard InChI is InChI=1S/C18H26FN/c1-2-14-7-9-18(10-8-14)11-12-20-13-17(18)15-3-5-16(19)6-4-15/h3-6,14,17,20H,2,7-13H2,1H3. The summed E-state index contributed by atoms with van der Waals surface area (Å²) < 4.78 is 13.2. The number of benzene rings is 1. The number of hydrogen-bond acceptors (Lipinski definition) is 1. The Balaban J connectivity index is 1.82. The molecule has 2 heteroatoms. The van der Waals surface area contributed by atoms with E-state index in [-0.39, 0.29) is 5.82 Å². The van der Waals surface area contributed by atoms with Crippen molar-refractivity contribution in [3.8, 4) is 0 Å². The summed E-state index contributed by atoms with van der Waals surface area (Å²) in [4.78, 5) is 0. The summed E-state index contributed by atoms with van der Waals surface area (Å²) in [6.07, 6.45) is 8.09. The summed E-state index contributed by atoms with van der Waals surface area (Å²) in [5.74, 6) is 1.38. The Morgan fingerprint density at radius 3 is 2.50 bits per heavy atom. The van der Waals surface area contributed by atoms with Crippen molar-refractivity contribution in [2.24, 2.45) is 11.3 Å². The highest BCUT2D eigenvalue weighted by atomic mass is 19.1.